The Morgan fingerprint density at radius 2 is 1.75 bits per heavy atom. The molecule has 0 aliphatic carbocycles. The fourth-order valence-electron chi connectivity index (χ4n) is 3.61. The Labute approximate surface area is 184 Å². The Bertz CT molecular complexity index is 1220. The predicted octanol–water partition coefficient (Wildman–Crippen LogP) is 3.46. The van der Waals surface area contributed by atoms with Crippen molar-refractivity contribution in [1.82, 2.24) is 0 Å². The number of ether oxygens (including phenoxy) is 1. The number of hydrogen-bond donors (Lipinski definition) is 0. The van der Waals surface area contributed by atoms with E-state index in [2.05, 4.69) is 0 Å². The van der Waals surface area contributed by atoms with Crippen LogP contribution in [0.1, 0.15) is 17.0 Å². The van der Waals surface area contributed by atoms with E-state index in [1.165, 1.54) is 35.2 Å². The molecule has 9 heteroatoms. The van der Waals surface area contributed by atoms with E-state index >= 15 is 0 Å². The number of furan rings is 1. The highest BCUT2D eigenvalue weighted by atomic mass is 32.2. The second-order valence-electron chi connectivity index (χ2n) is 7.40. The van der Waals surface area contributed by atoms with Gasteiger partial charge in [0.2, 0.25) is 5.76 Å². The highest BCUT2D eigenvalue weighted by Gasteiger charge is 2.36. The topological polar surface area (TPSA) is 93.9 Å². The van der Waals surface area contributed by atoms with Gasteiger partial charge in [-0.15, -0.1) is 0 Å². The molecule has 1 aromatic heterocycles. The van der Waals surface area contributed by atoms with Crippen LogP contribution in [0.25, 0.3) is 11.3 Å². The summed E-state index contributed by atoms with van der Waals surface area (Å²) in [5.74, 6) is -1.64. The van der Waals surface area contributed by atoms with Crippen molar-refractivity contribution in [2.45, 2.75) is 12.5 Å². The fourth-order valence-corrected chi connectivity index (χ4v) is 5.31. The zero-order valence-electron chi connectivity index (χ0n) is 16.9. The number of amides is 1. The first-order valence-electron chi connectivity index (χ1n) is 9.93. The van der Waals surface area contributed by atoms with Gasteiger partial charge >= 0.3 is 5.97 Å². The van der Waals surface area contributed by atoms with Crippen molar-refractivity contribution in [3.8, 4) is 11.3 Å². The van der Waals surface area contributed by atoms with Gasteiger partial charge in [-0.2, -0.15) is 0 Å². The molecule has 1 amide bonds. The lowest BCUT2D eigenvalue weighted by molar-refractivity contribution is -0.122. The van der Waals surface area contributed by atoms with Gasteiger partial charge in [0.1, 0.15) is 11.6 Å². The monoisotopic (exact) mass is 457 g/mol. The number of esters is 1. The number of para-hydroxylation sites is 1. The molecule has 2 aromatic carbocycles. The molecule has 1 saturated heterocycles. The zero-order chi connectivity index (χ0) is 22.7. The number of carbonyl (C=O) groups is 2. The van der Waals surface area contributed by atoms with Crippen LogP contribution in [0, 0.1) is 5.82 Å². The van der Waals surface area contributed by atoms with Crippen molar-refractivity contribution in [1.29, 1.82) is 0 Å². The van der Waals surface area contributed by atoms with Crippen LogP contribution >= 0.6 is 0 Å². The first kappa shape index (κ1) is 21.8. The lowest BCUT2D eigenvalue weighted by Crippen LogP contribution is -2.43. The number of rotatable bonds is 6. The molecular weight excluding hydrogens is 437 g/mol. The third-order valence-corrected chi connectivity index (χ3v) is 6.89. The SMILES string of the molecule is O=C(OCC(=O)N(c1ccccc1)C1CCS(=O)(=O)C1)c1ccc(-c2ccc(F)cc2)o1. The summed E-state index contributed by atoms with van der Waals surface area (Å²) in [6, 6.07) is 16.7. The van der Waals surface area contributed by atoms with E-state index in [1.54, 1.807) is 36.4 Å². The first-order valence-corrected chi connectivity index (χ1v) is 11.7. The highest BCUT2D eigenvalue weighted by Crippen LogP contribution is 2.25. The summed E-state index contributed by atoms with van der Waals surface area (Å²) in [6.45, 7) is -0.573. The van der Waals surface area contributed by atoms with E-state index in [1.807, 2.05) is 0 Å². The lowest BCUT2D eigenvalue weighted by atomic mass is 10.2. The second-order valence-corrected chi connectivity index (χ2v) is 9.63. The highest BCUT2D eigenvalue weighted by molar-refractivity contribution is 7.91. The number of benzene rings is 2. The maximum atomic E-state index is 13.1. The van der Waals surface area contributed by atoms with Gasteiger partial charge in [0.25, 0.3) is 5.91 Å². The summed E-state index contributed by atoms with van der Waals surface area (Å²) < 4.78 is 47.6. The standard InChI is InChI=1S/C23H20FNO6S/c24-17-8-6-16(7-9-17)20-10-11-21(31-20)23(27)30-14-22(26)25(18-4-2-1-3-5-18)19-12-13-32(28,29)15-19/h1-11,19H,12-15H2. The molecule has 1 fully saturated rings. The van der Waals surface area contributed by atoms with Gasteiger partial charge in [0.05, 0.1) is 17.5 Å². The van der Waals surface area contributed by atoms with E-state index < -0.39 is 40.2 Å². The van der Waals surface area contributed by atoms with Crippen LogP contribution in [-0.4, -0.2) is 44.4 Å². The predicted molar refractivity (Wildman–Crippen MR) is 115 cm³/mol. The van der Waals surface area contributed by atoms with Crippen molar-refractivity contribution in [2.24, 2.45) is 0 Å². The van der Waals surface area contributed by atoms with E-state index in [4.69, 9.17) is 9.15 Å². The molecule has 3 aromatic rings. The molecule has 4 rings (SSSR count). The van der Waals surface area contributed by atoms with Crippen molar-refractivity contribution >= 4 is 27.4 Å². The Kier molecular flexibility index (Phi) is 6.09. The molecule has 1 unspecified atom stereocenters. The number of carbonyl (C=O) groups excluding carboxylic acids is 2. The fraction of sp³-hybridized carbons (Fsp3) is 0.217. The van der Waals surface area contributed by atoms with Gasteiger partial charge in [-0.1, -0.05) is 18.2 Å². The van der Waals surface area contributed by atoms with Crippen molar-refractivity contribution in [3.63, 3.8) is 0 Å². The van der Waals surface area contributed by atoms with Crippen LogP contribution in [0.3, 0.4) is 0 Å². The lowest BCUT2D eigenvalue weighted by Gasteiger charge is -2.28. The second kappa shape index (κ2) is 8.96. The van der Waals surface area contributed by atoms with Crippen LogP contribution in [0.5, 0.6) is 0 Å². The Morgan fingerprint density at radius 3 is 2.41 bits per heavy atom. The number of hydrogen-bond acceptors (Lipinski definition) is 6. The third-order valence-electron chi connectivity index (χ3n) is 5.14. The molecule has 0 bridgehead atoms. The zero-order valence-corrected chi connectivity index (χ0v) is 17.8. The summed E-state index contributed by atoms with van der Waals surface area (Å²) in [4.78, 5) is 26.7. The van der Waals surface area contributed by atoms with Crippen LogP contribution in [-0.2, 0) is 19.4 Å². The molecule has 166 valence electrons. The van der Waals surface area contributed by atoms with Crippen molar-refractivity contribution in [2.75, 3.05) is 23.0 Å². The summed E-state index contributed by atoms with van der Waals surface area (Å²) >= 11 is 0. The van der Waals surface area contributed by atoms with Gasteiger partial charge in [-0.3, -0.25) is 4.79 Å². The van der Waals surface area contributed by atoms with E-state index in [-0.39, 0.29) is 17.3 Å². The van der Waals surface area contributed by atoms with Gasteiger partial charge < -0.3 is 14.1 Å². The van der Waals surface area contributed by atoms with E-state index in [0.717, 1.165) is 0 Å². The van der Waals surface area contributed by atoms with Gasteiger partial charge in [-0.05, 0) is 55.0 Å². The first-order chi connectivity index (χ1) is 15.3. The van der Waals surface area contributed by atoms with Crippen LogP contribution in [0.2, 0.25) is 0 Å². The molecule has 1 atom stereocenters. The minimum absolute atomic E-state index is 0.00657. The molecule has 7 nitrogen and oxygen atoms in total. The van der Waals surface area contributed by atoms with Crippen molar-refractivity contribution in [3.05, 3.63) is 78.3 Å². The van der Waals surface area contributed by atoms with Crippen molar-refractivity contribution < 1.29 is 31.6 Å². The van der Waals surface area contributed by atoms with Crippen LogP contribution in [0.4, 0.5) is 10.1 Å². The number of anilines is 1. The third kappa shape index (κ3) is 4.88. The molecular formula is C23H20FNO6S. The quantitative estimate of drug-likeness (QED) is 0.526. The molecule has 0 radical (unpaired) electrons. The molecule has 32 heavy (non-hydrogen) atoms. The number of nitrogens with zero attached hydrogens (tertiary/aromatic N) is 1. The minimum atomic E-state index is -3.22. The average molecular weight is 457 g/mol. The molecule has 2 heterocycles. The molecule has 0 saturated carbocycles. The number of sulfone groups is 1. The molecule has 1 aliphatic rings. The Hall–Kier alpha value is -3.46. The minimum Gasteiger partial charge on any atom is -0.450 e. The Morgan fingerprint density at radius 1 is 1.03 bits per heavy atom. The number of halogens is 1. The van der Waals surface area contributed by atoms with E-state index in [9.17, 15) is 22.4 Å². The maximum absolute atomic E-state index is 13.1. The van der Waals surface area contributed by atoms with E-state index in [0.29, 0.717) is 23.4 Å². The summed E-state index contributed by atoms with van der Waals surface area (Å²) in [6.07, 6.45) is 0.316. The molecule has 0 N–H and O–H groups in total. The summed E-state index contributed by atoms with van der Waals surface area (Å²) in [5, 5.41) is 0. The van der Waals surface area contributed by atoms with Gasteiger partial charge in [-0.25, -0.2) is 17.6 Å². The smallest absolute Gasteiger partial charge is 0.374 e. The Balaban J connectivity index is 1.45. The maximum Gasteiger partial charge on any atom is 0.374 e. The summed E-state index contributed by atoms with van der Waals surface area (Å²) in [7, 11) is -3.22. The molecule has 1 aliphatic heterocycles. The van der Waals surface area contributed by atoms with Gasteiger partial charge in [0.15, 0.2) is 16.4 Å². The summed E-state index contributed by atoms with van der Waals surface area (Å²) in [5.41, 5.74) is 1.12. The van der Waals surface area contributed by atoms with Gasteiger partial charge in [0, 0.05) is 11.3 Å². The average Bonchev–Trinajstić information content (AvgIpc) is 3.40. The van der Waals surface area contributed by atoms with Crippen LogP contribution < -0.4 is 4.90 Å². The van der Waals surface area contributed by atoms with Crippen LogP contribution in [0.15, 0.2) is 71.1 Å². The largest absolute Gasteiger partial charge is 0.450 e. The molecule has 0 spiro atoms. The normalized spacial score (nSPS) is 17.1.